The lowest BCUT2D eigenvalue weighted by atomic mass is 10.3. The van der Waals surface area contributed by atoms with Gasteiger partial charge in [0.25, 0.3) is 0 Å². The van der Waals surface area contributed by atoms with Crippen LogP contribution in [-0.4, -0.2) is 21.1 Å². The van der Waals surface area contributed by atoms with Crippen molar-refractivity contribution in [2.45, 2.75) is 26.2 Å². The fourth-order valence-electron chi connectivity index (χ4n) is 0.646. The molecule has 5 nitrogen and oxygen atoms in total. The number of hydrogen-bond acceptors (Lipinski definition) is 4. The van der Waals surface area contributed by atoms with E-state index in [1.807, 2.05) is 6.92 Å². The number of ether oxygens (including phenoxy) is 1. The Morgan fingerprint density at radius 1 is 1.46 bits per heavy atom. The molecule has 0 atom stereocenters. The standard InChI is InChI=1S/C6H12ClNO4S/c1-2-3-4-5-12-6(9)8-13(7,10)11/h2-5H2,1H3,(H,8,9). The lowest BCUT2D eigenvalue weighted by Gasteiger charge is -2.02. The number of halogens is 1. The molecule has 78 valence electrons. The molecule has 0 aliphatic rings. The van der Waals surface area contributed by atoms with Crippen LogP contribution in [0.5, 0.6) is 0 Å². The molecule has 1 N–H and O–H groups in total. The van der Waals surface area contributed by atoms with Crippen LogP contribution < -0.4 is 4.72 Å². The van der Waals surface area contributed by atoms with E-state index in [4.69, 9.17) is 10.7 Å². The molecule has 0 fully saturated rings. The van der Waals surface area contributed by atoms with Crippen LogP contribution in [0.1, 0.15) is 26.2 Å². The Morgan fingerprint density at radius 3 is 2.54 bits per heavy atom. The molecule has 13 heavy (non-hydrogen) atoms. The van der Waals surface area contributed by atoms with Gasteiger partial charge in [-0.15, -0.1) is 0 Å². The van der Waals surface area contributed by atoms with Crippen LogP contribution in [-0.2, 0) is 14.0 Å². The number of hydrogen-bond donors (Lipinski definition) is 1. The first-order valence-electron chi connectivity index (χ1n) is 3.85. The zero-order chi connectivity index (χ0) is 10.3. The van der Waals surface area contributed by atoms with Crippen LogP contribution in [0.3, 0.4) is 0 Å². The van der Waals surface area contributed by atoms with E-state index in [9.17, 15) is 13.2 Å². The predicted molar refractivity (Wildman–Crippen MR) is 48.8 cm³/mol. The highest BCUT2D eigenvalue weighted by atomic mass is 35.7. The average molecular weight is 230 g/mol. The number of rotatable bonds is 5. The Labute approximate surface area is 82.0 Å². The molecule has 0 aromatic rings. The van der Waals surface area contributed by atoms with Gasteiger partial charge in [0.2, 0.25) is 0 Å². The van der Waals surface area contributed by atoms with Crippen molar-refractivity contribution in [1.82, 2.24) is 4.72 Å². The summed E-state index contributed by atoms with van der Waals surface area (Å²) in [6.45, 7) is 2.20. The van der Waals surface area contributed by atoms with Gasteiger partial charge in [-0.2, -0.15) is 8.42 Å². The molecule has 0 aliphatic heterocycles. The molecular weight excluding hydrogens is 218 g/mol. The second-order valence-electron chi connectivity index (χ2n) is 2.38. The van der Waals surface area contributed by atoms with Crippen LogP contribution in [0.15, 0.2) is 0 Å². The van der Waals surface area contributed by atoms with Crippen molar-refractivity contribution in [3.63, 3.8) is 0 Å². The SMILES string of the molecule is CCCCCOC(=O)NS(=O)(=O)Cl. The van der Waals surface area contributed by atoms with Crippen LogP contribution in [0, 0.1) is 0 Å². The van der Waals surface area contributed by atoms with Gasteiger partial charge < -0.3 is 4.74 Å². The van der Waals surface area contributed by atoms with E-state index in [2.05, 4.69) is 4.74 Å². The maximum atomic E-state index is 10.6. The molecule has 0 unspecified atom stereocenters. The van der Waals surface area contributed by atoms with Crippen molar-refractivity contribution in [2.24, 2.45) is 0 Å². The smallest absolute Gasteiger partial charge is 0.421 e. The van der Waals surface area contributed by atoms with Gasteiger partial charge in [0.05, 0.1) is 6.61 Å². The first-order chi connectivity index (χ1) is 5.95. The molecular formula is C6H12ClNO4S. The molecule has 0 heterocycles. The number of amides is 1. The summed E-state index contributed by atoms with van der Waals surface area (Å²) in [4.78, 5) is 10.6. The first kappa shape index (κ1) is 12.5. The molecule has 0 rings (SSSR count). The fourth-order valence-corrected chi connectivity index (χ4v) is 1.09. The Morgan fingerprint density at radius 2 is 2.08 bits per heavy atom. The van der Waals surface area contributed by atoms with Crippen LogP contribution in [0.4, 0.5) is 4.79 Å². The van der Waals surface area contributed by atoms with Gasteiger partial charge in [-0.1, -0.05) is 19.8 Å². The van der Waals surface area contributed by atoms with Crippen molar-refractivity contribution in [2.75, 3.05) is 6.61 Å². The zero-order valence-electron chi connectivity index (χ0n) is 7.25. The van der Waals surface area contributed by atoms with Crippen LogP contribution >= 0.6 is 10.7 Å². The van der Waals surface area contributed by atoms with Crippen LogP contribution in [0.25, 0.3) is 0 Å². The van der Waals surface area contributed by atoms with Gasteiger partial charge in [-0.3, -0.25) is 0 Å². The minimum Gasteiger partial charge on any atom is -0.449 e. The zero-order valence-corrected chi connectivity index (χ0v) is 8.82. The minimum atomic E-state index is -4.02. The number of carbonyl (C=O) groups excluding carboxylic acids is 1. The van der Waals surface area contributed by atoms with E-state index in [-0.39, 0.29) is 6.61 Å². The summed E-state index contributed by atoms with van der Waals surface area (Å²) in [6.07, 6.45) is 1.61. The van der Waals surface area contributed by atoms with Crippen molar-refractivity contribution in [3.05, 3.63) is 0 Å². The van der Waals surface area contributed by atoms with Crippen LogP contribution in [0.2, 0.25) is 0 Å². The van der Waals surface area contributed by atoms with Crippen molar-refractivity contribution in [1.29, 1.82) is 0 Å². The normalized spacial score (nSPS) is 10.9. The summed E-state index contributed by atoms with van der Waals surface area (Å²) in [6, 6.07) is 0. The summed E-state index contributed by atoms with van der Waals surface area (Å²) < 4.78 is 26.5. The third-order valence-corrected chi connectivity index (χ3v) is 1.83. The van der Waals surface area contributed by atoms with E-state index in [0.29, 0.717) is 6.42 Å². The molecule has 0 aromatic carbocycles. The van der Waals surface area contributed by atoms with Gasteiger partial charge >= 0.3 is 15.3 Å². The largest absolute Gasteiger partial charge is 0.449 e. The van der Waals surface area contributed by atoms with Gasteiger partial charge in [0, 0.05) is 10.7 Å². The highest BCUT2D eigenvalue weighted by molar-refractivity contribution is 8.12. The quantitative estimate of drug-likeness (QED) is 0.571. The number of carbonyl (C=O) groups is 1. The van der Waals surface area contributed by atoms with E-state index >= 15 is 0 Å². The molecule has 0 saturated carbocycles. The molecule has 0 bridgehead atoms. The second-order valence-corrected chi connectivity index (χ2v) is 4.68. The predicted octanol–water partition coefficient (Wildman–Crippen LogP) is 1.39. The van der Waals surface area contributed by atoms with E-state index in [0.717, 1.165) is 12.8 Å². The lowest BCUT2D eigenvalue weighted by molar-refractivity contribution is 0.150. The maximum absolute atomic E-state index is 10.6. The third kappa shape index (κ3) is 9.42. The summed E-state index contributed by atoms with van der Waals surface area (Å²) in [5.74, 6) is 0. The van der Waals surface area contributed by atoms with Crippen molar-refractivity contribution < 1.29 is 17.9 Å². The average Bonchev–Trinajstić information content (AvgIpc) is 1.94. The Hall–Kier alpha value is -0.490. The van der Waals surface area contributed by atoms with E-state index in [1.165, 1.54) is 4.72 Å². The maximum Gasteiger partial charge on any atom is 0.421 e. The number of nitrogens with one attached hydrogen (secondary N) is 1. The molecule has 7 heteroatoms. The topological polar surface area (TPSA) is 72.5 Å². The summed E-state index contributed by atoms with van der Waals surface area (Å²) in [7, 11) is 0.710. The number of unbranched alkanes of at least 4 members (excludes halogenated alkanes) is 2. The third-order valence-electron chi connectivity index (χ3n) is 1.19. The molecule has 0 spiro atoms. The highest BCUT2D eigenvalue weighted by Crippen LogP contribution is 1.96. The van der Waals surface area contributed by atoms with Crippen molar-refractivity contribution >= 4 is 26.0 Å². The molecule has 0 aromatic heterocycles. The van der Waals surface area contributed by atoms with Gasteiger partial charge in [-0.05, 0) is 6.42 Å². The second kappa shape index (κ2) is 6.04. The minimum absolute atomic E-state index is 0.200. The van der Waals surface area contributed by atoms with Crippen molar-refractivity contribution in [3.8, 4) is 0 Å². The Balaban J connectivity index is 3.53. The van der Waals surface area contributed by atoms with Gasteiger partial charge in [0.15, 0.2) is 0 Å². The first-order valence-corrected chi connectivity index (χ1v) is 6.16. The highest BCUT2D eigenvalue weighted by Gasteiger charge is 2.10. The molecule has 0 radical (unpaired) electrons. The van der Waals surface area contributed by atoms with E-state index in [1.54, 1.807) is 0 Å². The van der Waals surface area contributed by atoms with Gasteiger partial charge in [0.1, 0.15) is 0 Å². The molecule has 0 aliphatic carbocycles. The Kier molecular flexibility index (Phi) is 5.81. The van der Waals surface area contributed by atoms with E-state index < -0.39 is 15.3 Å². The molecule has 0 saturated heterocycles. The summed E-state index contributed by atoms with van der Waals surface area (Å²) in [5.41, 5.74) is 0. The summed E-state index contributed by atoms with van der Waals surface area (Å²) in [5, 5.41) is 0. The fraction of sp³-hybridized carbons (Fsp3) is 0.833. The Bertz CT molecular complexity index is 251. The lowest BCUT2D eigenvalue weighted by Crippen LogP contribution is -2.27. The monoisotopic (exact) mass is 229 g/mol. The van der Waals surface area contributed by atoms with Gasteiger partial charge in [-0.25, -0.2) is 9.52 Å². The summed E-state index contributed by atoms with van der Waals surface area (Å²) >= 11 is 0. The molecule has 1 amide bonds.